The number of ether oxygens (including phenoxy) is 2. The maximum absolute atomic E-state index is 13.4. The van der Waals surface area contributed by atoms with Gasteiger partial charge < -0.3 is 14.4 Å². The number of hydrogen-bond acceptors (Lipinski definition) is 6. The highest BCUT2D eigenvalue weighted by Gasteiger charge is 2.51. The van der Waals surface area contributed by atoms with E-state index in [2.05, 4.69) is 4.90 Å². The average molecular weight is 457 g/mol. The van der Waals surface area contributed by atoms with Gasteiger partial charge in [-0.25, -0.2) is 0 Å². The fraction of sp³-hybridized carbons (Fsp3) is 0.375. The van der Waals surface area contributed by atoms with E-state index in [-0.39, 0.29) is 5.78 Å². The number of carbonyl (C=O) groups is 3. The molecule has 0 bridgehead atoms. The van der Waals surface area contributed by atoms with Crippen LogP contribution in [-0.4, -0.2) is 73.8 Å². The van der Waals surface area contributed by atoms with Crippen LogP contribution in [0.25, 0.3) is 0 Å². The molecule has 0 N–H and O–H groups in total. The molecule has 8 heteroatoms. The van der Waals surface area contributed by atoms with Crippen LogP contribution in [0.4, 0.5) is 0 Å². The number of benzene rings is 2. The van der Waals surface area contributed by atoms with Crippen LogP contribution in [0.1, 0.15) is 22.0 Å². The van der Waals surface area contributed by atoms with Gasteiger partial charge in [-0.15, -0.1) is 0 Å². The molecule has 32 heavy (non-hydrogen) atoms. The summed E-state index contributed by atoms with van der Waals surface area (Å²) in [6.45, 7) is 3.80. The van der Waals surface area contributed by atoms with E-state index in [0.717, 1.165) is 13.1 Å². The molecule has 2 aromatic carbocycles. The van der Waals surface area contributed by atoms with Crippen molar-refractivity contribution in [2.75, 3.05) is 46.5 Å². The number of hydrogen-bond donors (Lipinski definition) is 0. The molecular formula is C24H25ClN2O5. The summed E-state index contributed by atoms with van der Waals surface area (Å²) in [5, 5.41) is 0.544. The van der Waals surface area contributed by atoms with Crippen LogP contribution in [0.2, 0.25) is 5.02 Å². The third-order valence-electron chi connectivity index (χ3n) is 6.04. The Balaban J connectivity index is 1.64. The Morgan fingerprint density at radius 1 is 1.03 bits per heavy atom. The summed E-state index contributed by atoms with van der Waals surface area (Å²) < 4.78 is 10.5. The minimum Gasteiger partial charge on any atom is -0.497 e. The van der Waals surface area contributed by atoms with Gasteiger partial charge >= 0.3 is 0 Å². The monoisotopic (exact) mass is 456 g/mol. The second-order valence-electron chi connectivity index (χ2n) is 7.88. The first-order valence-electron chi connectivity index (χ1n) is 10.6. The SMILES string of the molecule is COc1ccc(C(=O)C2C(=O)C(=O)N(CCN3CCOCC3)C2c2ccc(Cl)cc2)cc1. The van der Waals surface area contributed by atoms with E-state index in [4.69, 9.17) is 21.1 Å². The Bertz CT molecular complexity index is 986. The highest BCUT2D eigenvalue weighted by Crippen LogP contribution is 2.38. The van der Waals surface area contributed by atoms with E-state index in [0.29, 0.717) is 48.2 Å². The fourth-order valence-corrected chi connectivity index (χ4v) is 4.39. The number of morpholine rings is 1. The third kappa shape index (κ3) is 4.55. The van der Waals surface area contributed by atoms with E-state index < -0.39 is 23.7 Å². The first-order chi connectivity index (χ1) is 15.5. The molecule has 2 aliphatic heterocycles. The van der Waals surface area contributed by atoms with Gasteiger partial charge in [0.15, 0.2) is 5.78 Å². The summed E-state index contributed by atoms with van der Waals surface area (Å²) in [7, 11) is 1.54. The van der Waals surface area contributed by atoms with Crippen LogP contribution >= 0.6 is 11.6 Å². The summed E-state index contributed by atoms with van der Waals surface area (Å²) in [5.74, 6) is -2.17. The van der Waals surface area contributed by atoms with Gasteiger partial charge in [-0.3, -0.25) is 19.3 Å². The van der Waals surface area contributed by atoms with Crippen LogP contribution in [0.3, 0.4) is 0 Å². The van der Waals surface area contributed by atoms with E-state index in [1.165, 1.54) is 4.90 Å². The van der Waals surface area contributed by atoms with E-state index in [1.807, 2.05) is 0 Å². The minimum atomic E-state index is -1.11. The van der Waals surface area contributed by atoms with Gasteiger partial charge in [-0.05, 0) is 42.0 Å². The van der Waals surface area contributed by atoms with Gasteiger partial charge in [0, 0.05) is 36.8 Å². The molecule has 168 valence electrons. The van der Waals surface area contributed by atoms with Crippen molar-refractivity contribution < 1.29 is 23.9 Å². The predicted octanol–water partition coefficient (Wildman–Crippen LogP) is 2.63. The summed E-state index contributed by atoms with van der Waals surface area (Å²) in [5.41, 5.74) is 1.08. The first-order valence-corrected chi connectivity index (χ1v) is 11.0. The van der Waals surface area contributed by atoms with E-state index in [9.17, 15) is 14.4 Å². The molecule has 0 aromatic heterocycles. The van der Waals surface area contributed by atoms with Gasteiger partial charge in [0.25, 0.3) is 5.91 Å². The Hall–Kier alpha value is -2.74. The minimum absolute atomic E-state index is 0.351. The molecule has 2 aromatic rings. The number of amides is 1. The van der Waals surface area contributed by atoms with Crippen LogP contribution in [0, 0.1) is 5.92 Å². The third-order valence-corrected chi connectivity index (χ3v) is 6.29. The molecule has 2 heterocycles. The molecule has 7 nitrogen and oxygen atoms in total. The number of Topliss-reactive ketones (excluding diaryl/α,β-unsaturated/α-hetero) is 2. The summed E-state index contributed by atoms with van der Waals surface area (Å²) >= 11 is 6.05. The molecule has 2 saturated heterocycles. The smallest absolute Gasteiger partial charge is 0.291 e. The topological polar surface area (TPSA) is 76.2 Å². The number of ketones is 2. The van der Waals surface area contributed by atoms with Crippen LogP contribution in [0.5, 0.6) is 5.75 Å². The van der Waals surface area contributed by atoms with Crippen molar-refractivity contribution in [3.05, 3.63) is 64.7 Å². The molecule has 0 spiro atoms. The Kier molecular flexibility index (Phi) is 6.89. The first kappa shape index (κ1) is 22.5. The van der Waals surface area contributed by atoms with Gasteiger partial charge in [0.1, 0.15) is 11.7 Å². The number of halogens is 1. The van der Waals surface area contributed by atoms with Gasteiger partial charge in [-0.1, -0.05) is 23.7 Å². The molecule has 2 aliphatic rings. The lowest BCUT2D eigenvalue weighted by molar-refractivity contribution is -0.141. The fourth-order valence-electron chi connectivity index (χ4n) is 4.27. The molecule has 2 fully saturated rings. The van der Waals surface area contributed by atoms with Gasteiger partial charge in [0.2, 0.25) is 5.78 Å². The lowest BCUT2D eigenvalue weighted by atomic mass is 9.86. The molecule has 0 aliphatic carbocycles. The van der Waals surface area contributed by atoms with Gasteiger partial charge in [-0.2, -0.15) is 0 Å². The van der Waals surface area contributed by atoms with Crippen LogP contribution in [0.15, 0.2) is 48.5 Å². The zero-order valence-corrected chi connectivity index (χ0v) is 18.6. The van der Waals surface area contributed by atoms with Crippen molar-refractivity contribution in [2.24, 2.45) is 5.92 Å². The summed E-state index contributed by atoms with van der Waals surface area (Å²) in [4.78, 5) is 43.2. The molecule has 2 atom stereocenters. The van der Waals surface area contributed by atoms with Crippen molar-refractivity contribution in [1.82, 2.24) is 9.80 Å². The number of methoxy groups -OCH3 is 1. The summed E-state index contributed by atoms with van der Waals surface area (Å²) in [6.07, 6.45) is 0. The predicted molar refractivity (Wildman–Crippen MR) is 119 cm³/mol. The van der Waals surface area contributed by atoms with Crippen molar-refractivity contribution in [1.29, 1.82) is 0 Å². The second kappa shape index (κ2) is 9.81. The second-order valence-corrected chi connectivity index (χ2v) is 8.32. The highest BCUT2D eigenvalue weighted by atomic mass is 35.5. The highest BCUT2D eigenvalue weighted by molar-refractivity contribution is 6.44. The lowest BCUT2D eigenvalue weighted by Gasteiger charge is -2.31. The number of rotatable bonds is 7. The van der Waals surface area contributed by atoms with Crippen molar-refractivity contribution >= 4 is 29.1 Å². The van der Waals surface area contributed by atoms with Crippen LogP contribution < -0.4 is 4.74 Å². The van der Waals surface area contributed by atoms with Crippen molar-refractivity contribution in [3.63, 3.8) is 0 Å². The van der Waals surface area contributed by atoms with E-state index >= 15 is 0 Å². The molecule has 2 unspecified atom stereocenters. The summed E-state index contributed by atoms with van der Waals surface area (Å²) in [6, 6.07) is 12.9. The standard InChI is InChI=1S/C24H25ClN2O5/c1-31-19-8-4-17(5-9-19)22(28)20-21(16-2-6-18(25)7-3-16)27(24(30)23(20)29)11-10-26-12-14-32-15-13-26/h2-9,20-21H,10-15H2,1H3. The average Bonchev–Trinajstić information content (AvgIpc) is 3.08. The molecule has 4 rings (SSSR count). The molecule has 0 saturated carbocycles. The maximum Gasteiger partial charge on any atom is 0.291 e. The molecule has 0 radical (unpaired) electrons. The Labute approximate surface area is 191 Å². The molecular weight excluding hydrogens is 432 g/mol. The zero-order valence-electron chi connectivity index (χ0n) is 17.8. The quantitative estimate of drug-likeness (QED) is 0.362. The Morgan fingerprint density at radius 3 is 2.31 bits per heavy atom. The number of carbonyl (C=O) groups excluding carboxylic acids is 3. The Morgan fingerprint density at radius 2 is 1.69 bits per heavy atom. The van der Waals surface area contributed by atoms with Crippen molar-refractivity contribution in [2.45, 2.75) is 6.04 Å². The number of likely N-dealkylation sites (tertiary alicyclic amines) is 1. The van der Waals surface area contributed by atoms with Gasteiger partial charge in [0.05, 0.1) is 26.4 Å². The van der Waals surface area contributed by atoms with Crippen LogP contribution in [-0.2, 0) is 14.3 Å². The van der Waals surface area contributed by atoms with E-state index in [1.54, 1.807) is 55.6 Å². The molecule has 1 amide bonds. The normalized spacial score (nSPS) is 21.8. The number of nitrogens with zero attached hydrogens (tertiary/aromatic N) is 2. The lowest BCUT2D eigenvalue weighted by Crippen LogP contribution is -2.42. The largest absolute Gasteiger partial charge is 0.497 e. The zero-order chi connectivity index (χ0) is 22.7. The maximum atomic E-state index is 13.4. The van der Waals surface area contributed by atoms with Crippen molar-refractivity contribution in [3.8, 4) is 5.75 Å².